The fourth-order valence-corrected chi connectivity index (χ4v) is 4.75. The van der Waals surface area contributed by atoms with Crippen molar-refractivity contribution >= 4 is 27.3 Å². The number of nitrogens with one attached hydrogen (secondary N) is 1. The number of thiophene rings is 1. The summed E-state index contributed by atoms with van der Waals surface area (Å²) in [6, 6.07) is 2.76. The highest BCUT2D eigenvalue weighted by Crippen LogP contribution is 2.31. The lowest BCUT2D eigenvalue weighted by Crippen LogP contribution is -2.51. The third-order valence-electron chi connectivity index (χ3n) is 3.27. The van der Waals surface area contributed by atoms with Crippen LogP contribution in [0.4, 0.5) is 0 Å². The molecule has 1 amide bonds. The quantitative estimate of drug-likeness (QED) is 0.882. The number of carbonyl (C=O) groups excluding carboxylic acids is 1. The normalized spacial score (nSPS) is 20.4. The number of hydrogen-bond acceptors (Lipinski definition) is 5. The Hall–Kier alpha value is -1.71. The predicted octanol–water partition coefficient (Wildman–Crippen LogP) is 0.343. The van der Waals surface area contributed by atoms with Crippen LogP contribution in [-0.4, -0.2) is 41.5 Å². The highest BCUT2D eigenvalue weighted by Gasteiger charge is 2.40. The summed E-state index contributed by atoms with van der Waals surface area (Å²) in [5.74, 6) is -0.295. The van der Waals surface area contributed by atoms with E-state index in [0.29, 0.717) is 11.4 Å². The third-order valence-corrected chi connectivity index (χ3v) is 6.01. The number of hydrogen-bond donors (Lipinski definition) is 1. The Bertz CT molecular complexity index is 751. The van der Waals surface area contributed by atoms with Crippen molar-refractivity contribution in [2.24, 2.45) is 7.05 Å². The Kier molecular flexibility index (Phi) is 3.56. The Labute approximate surface area is 126 Å². The van der Waals surface area contributed by atoms with Crippen LogP contribution in [0.3, 0.4) is 0 Å². The summed E-state index contributed by atoms with van der Waals surface area (Å²) >= 11 is 1.37. The van der Waals surface area contributed by atoms with Crippen LogP contribution in [0.25, 0.3) is 0 Å². The van der Waals surface area contributed by atoms with Crippen molar-refractivity contribution in [3.63, 3.8) is 0 Å². The van der Waals surface area contributed by atoms with Gasteiger partial charge in [-0.05, 0) is 11.4 Å². The Balaban J connectivity index is 2.04. The van der Waals surface area contributed by atoms with Gasteiger partial charge in [0.15, 0.2) is 0 Å². The molecule has 1 aliphatic rings. The monoisotopic (exact) mass is 326 g/mol. The van der Waals surface area contributed by atoms with Crippen molar-refractivity contribution in [1.82, 2.24) is 19.4 Å². The van der Waals surface area contributed by atoms with Crippen molar-refractivity contribution in [3.8, 4) is 0 Å². The first-order chi connectivity index (χ1) is 10.00. The molecule has 0 aromatic carbocycles. The maximum atomic E-state index is 12.7. The molecule has 0 saturated carbocycles. The molecule has 2 aromatic heterocycles. The smallest absolute Gasteiger partial charge is 0.247 e. The van der Waals surface area contributed by atoms with Gasteiger partial charge in [-0.1, -0.05) is 6.07 Å². The van der Waals surface area contributed by atoms with Crippen molar-refractivity contribution < 1.29 is 13.2 Å². The van der Waals surface area contributed by atoms with Gasteiger partial charge >= 0.3 is 0 Å². The lowest BCUT2D eigenvalue weighted by atomic mass is 10.2. The SMILES string of the molecule is Cn1cc(S(=O)(=O)N2CCNC(=O)[C@@H]2c2cccs2)cn1. The molecule has 2 aromatic rings. The number of amides is 1. The van der Waals surface area contributed by atoms with Gasteiger partial charge in [0, 0.05) is 31.2 Å². The summed E-state index contributed by atoms with van der Waals surface area (Å²) in [4.78, 5) is 13.0. The second-order valence-electron chi connectivity index (χ2n) is 4.67. The highest BCUT2D eigenvalue weighted by molar-refractivity contribution is 7.89. The van der Waals surface area contributed by atoms with Crippen molar-refractivity contribution in [2.75, 3.05) is 13.1 Å². The van der Waals surface area contributed by atoms with Gasteiger partial charge in [-0.3, -0.25) is 9.48 Å². The predicted molar refractivity (Wildman–Crippen MR) is 77.2 cm³/mol. The summed E-state index contributed by atoms with van der Waals surface area (Å²) in [5.41, 5.74) is 0. The molecular formula is C12H14N4O3S2. The molecule has 0 radical (unpaired) electrons. The average Bonchev–Trinajstić information content (AvgIpc) is 3.09. The van der Waals surface area contributed by atoms with Crippen LogP contribution in [0.5, 0.6) is 0 Å². The van der Waals surface area contributed by atoms with E-state index >= 15 is 0 Å². The number of sulfonamides is 1. The first kappa shape index (κ1) is 14.2. The van der Waals surface area contributed by atoms with Gasteiger partial charge in [0.1, 0.15) is 10.9 Å². The van der Waals surface area contributed by atoms with Crippen LogP contribution >= 0.6 is 11.3 Å². The Morgan fingerprint density at radius 2 is 2.29 bits per heavy atom. The minimum Gasteiger partial charge on any atom is -0.353 e. The molecule has 9 heteroatoms. The van der Waals surface area contributed by atoms with E-state index in [0.717, 1.165) is 0 Å². The summed E-state index contributed by atoms with van der Waals surface area (Å²) in [5, 5.41) is 8.44. The molecule has 0 bridgehead atoms. The maximum absolute atomic E-state index is 12.7. The van der Waals surface area contributed by atoms with Gasteiger partial charge in [0.2, 0.25) is 15.9 Å². The number of aromatic nitrogens is 2. The van der Waals surface area contributed by atoms with E-state index in [1.807, 2.05) is 5.38 Å². The van der Waals surface area contributed by atoms with Crippen LogP contribution < -0.4 is 5.32 Å². The fraction of sp³-hybridized carbons (Fsp3) is 0.333. The van der Waals surface area contributed by atoms with Gasteiger partial charge < -0.3 is 5.32 Å². The van der Waals surface area contributed by atoms with Gasteiger partial charge in [0.25, 0.3) is 0 Å². The van der Waals surface area contributed by atoms with Gasteiger partial charge in [-0.2, -0.15) is 9.40 Å². The molecule has 21 heavy (non-hydrogen) atoms. The van der Waals surface area contributed by atoms with E-state index in [1.165, 1.54) is 32.7 Å². The lowest BCUT2D eigenvalue weighted by Gasteiger charge is -2.33. The molecule has 0 spiro atoms. The second kappa shape index (κ2) is 5.24. The minimum atomic E-state index is -3.75. The third kappa shape index (κ3) is 2.47. The molecule has 7 nitrogen and oxygen atoms in total. The van der Waals surface area contributed by atoms with E-state index in [2.05, 4.69) is 10.4 Å². The van der Waals surface area contributed by atoms with Crippen LogP contribution in [0.1, 0.15) is 10.9 Å². The molecule has 112 valence electrons. The summed E-state index contributed by atoms with van der Waals surface area (Å²) in [6.45, 7) is 0.547. The van der Waals surface area contributed by atoms with Crippen molar-refractivity contribution in [1.29, 1.82) is 0 Å². The molecule has 3 rings (SSSR count). The molecule has 1 fully saturated rings. The van der Waals surface area contributed by atoms with Crippen molar-refractivity contribution in [3.05, 3.63) is 34.8 Å². The molecule has 1 aliphatic heterocycles. The zero-order valence-electron chi connectivity index (χ0n) is 11.3. The topological polar surface area (TPSA) is 84.3 Å². The molecule has 1 saturated heterocycles. The zero-order valence-corrected chi connectivity index (χ0v) is 12.9. The Morgan fingerprint density at radius 3 is 2.90 bits per heavy atom. The molecule has 0 unspecified atom stereocenters. The van der Waals surface area contributed by atoms with Crippen LogP contribution in [0, 0.1) is 0 Å². The Morgan fingerprint density at radius 1 is 1.48 bits per heavy atom. The number of rotatable bonds is 3. The van der Waals surface area contributed by atoms with E-state index < -0.39 is 16.1 Å². The van der Waals surface area contributed by atoms with Gasteiger partial charge in [0.05, 0.1) is 6.20 Å². The first-order valence-corrected chi connectivity index (χ1v) is 8.64. The van der Waals surface area contributed by atoms with Crippen LogP contribution in [0.15, 0.2) is 34.8 Å². The van der Waals surface area contributed by atoms with Crippen LogP contribution in [-0.2, 0) is 21.9 Å². The second-order valence-corrected chi connectivity index (χ2v) is 7.54. The van der Waals surface area contributed by atoms with Gasteiger partial charge in [-0.15, -0.1) is 11.3 Å². The summed E-state index contributed by atoms with van der Waals surface area (Å²) in [6.07, 6.45) is 2.74. The number of aryl methyl sites for hydroxylation is 1. The molecule has 0 aliphatic carbocycles. The van der Waals surface area contributed by atoms with Crippen molar-refractivity contribution in [2.45, 2.75) is 10.9 Å². The van der Waals surface area contributed by atoms with Crippen LogP contribution in [0.2, 0.25) is 0 Å². The van der Waals surface area contributed by atoms with E-state index in [-0.39, 0.29) is 17.3 Å². The van der Waals surface area contributed by atoms with E-state index in [9.17, 15) is 13.2 Å². The van der Waals surface area contributed by atoms with E-state index in [1.54, 1.807) is 19.2 Å². The largest absolute Gasteiger partial charge is 0.353 e. The molecule has 1 atom stereocenters. The number of piperazine rings is 1. The fourth-order valence-electron chi connectivity index (χ4n) is 2.29. The number of carbonyl (C=O) groups is 1. The summed E-state index contributed by atoms with van der Waals surface area (Å²) < 4.78 is 28.2. The highest BCUT2D eigenvalue weighted by atomic mass is 32.2. The minimum absolute atomic E-state index is 0.0984. The molecule has 1 N–H and O–H groups in total. The zero-order chi connectivity index (χ0) is 15.0. The summed E-state index contributed by atoms with van der Waals surface area (Å²) in [7, 11) is -2.10. The van der Waals surface area contributed by atoms with Gasteiger partial charge in [-0.25, -0.2) is 8.42 Å². The first-order valence-electron chi connectivity index (χ1n) is 6.32. The molecular weight excluding hydrogens is 312 g/mol. The maximum Gasteiger partial charge on any atom is 0.247 e. The van der Waals surface area contributed by atoms with E-state index in [4.69, 9.17) is 0 Å². The standard InChI is InChI=1S/C12H14N4O3S2/c1-15-8-9(7-14-15)21(18,19)16-5-4-13-12(17)11(16)10-3-2-6-20-10/h2-3,6-8,11H,4-5H2,1H3,(H,13,17)/t11-/m0/s1. The average molecular weight is 326 g/mol. The lowest BCUT2D eigenvalue weighted by molar-refractivity contribution is -0.126. The molecule has 3 heterocycles. The number of nitrogens with zero attached hydrogens (tertiary/aromatic N) is 3.